The van der Waals surface area contributed by atoms with Crippen molar-refractivity contribution in [3.63, 3.8) is 0 Å². The number of benzene rings is 2. The molecule has 1 N–H and O–H groups in total. The van der Waals surface area contributed by atoms with Gasteiger partial charge in [-0.3, -0.25) is 0 Å². The van der Waals surface area contributed by atoms with Crippen molar-refractivity contribution in [1.82, 2.24) is 0 Å². The zero-order valence-corrected chi connectivity index (χ0v) is 13.4. The second-order valence-electron chi connectivity index (χ2n) is 5.36. The summed E-state index contributed by atoms with van der Waals surface area (Å²) in [5.74, 6) is 0.721. The Balaban J connectivity index is 1.85. The van der Waals surface area contributed by atoms with Crippen LogP contribution >= 0.6 is 27.5 Å². The van der Waals surface area contributed by atoms with Crippen LogP contribution in [-0.2, 0) is 0 Å². The van der Waals surface area contributed by atoms with Gasteiger partial charge in [0.15, 0.2) is 0 Å². The van der Waals surface area contributed by atoms with E-state index >= 15 is 0 Å². The van der Waals surface area contributed by atoms with Crippen LogP contribution in [0.25, 0.3) is 0 Å². The summed E-state index contributed by atoms with van der Waals surface area (Å²) in [6.45, 7) is 0. The maximum Gasteiger partial charge on any atom is 0.105 e. The molecule has 1 saturated carbocycles. The molecule has 1 aliphatic carbocycles. The molecular formula is C17H16BrClO. The van der Waals surface area contributed by atoms with Crippen LogP contribution < -0.4 is 0 Å². The summed E-state index contributed by atoms with van der Waals surface area (Å²) in [6.07, 6.45) is 3.27. The predicted octanol–water partition coefficient (Wildman–Crippen LogP) is 5.45. The van der Waals surface area contributed by atoms with E-state index in [0.717, 1.165) is 21.5 Å². The molecule has 0 saturated heterocycles. The van der Waals surface area contributed by atoms with Crippen molar-refractivity contribution in [3.8, 4) is 0 Å². The van der Waals surface area contributed by atoms with Crippen molar-refractivity contribution in [2.45, 2.75) is 31.3 Å². The number of halogens is 2. The van der Waals surface area contributed by atoms with Gasteiger partial charge in [-0.2, -0.15) is 0 Å². The minimum Gasteiger partial charge on any atom is -0.384 e. The SMILES string of the molecule is OC(c1ccc(C2CCC2)cc1)c1cc(Cl)ccc1Br. The first-order valence-corrected chi connectivity index (χ1v) is 8.05. The van der Waals surface area contributed by atoms with Crippen LogP contribution in [0.4, 0.5) is 0 Å². The number of hydrogen-bond acceptors (Lipinski definition) is 1. The molecule has 1 fully saturated rings. The molecular weight excluding hydrogens is 336 g/mol. The average Bonchev–Trinajstić information content (AvgIpc) is 2.40. The molecule has 1 unspecified atom stereocenters. The maximum atomic E-state index is 10.5. The Bertz CT molecular complexity index is 605. The molecule has 0 aliphatic heterocycles. The van der Waals surface area contributed by atoms with Crippen LogP contribution in [0.2, 0.25) is 5.02 Å². The first kappa shape index (κ1) is 14.1. The molecule has 0 amide bonds. The highest BCUT2D eigenvalue weighted by Gasteiger charge is 2.20. The van der Waals surface area contributed by atoms with E-state index in [0.29, 0.717) is 5.02 Å². The molecule has 2 aromatic rings. The monoisotopic (exact) mass is 350 g/mol. The first-order chi connectivity index (χ1) is 9.65. The summed E-state index contributed by atoms with van der Waals surface area (Å²) in [5, 5.41) is 11.1. The molecule has 20 heavy (non-hydrogen) atoms. The van der Waals surface area contributed by atoms with Gasteiger partial charge < -0.3 is 5.11 Å². The van der Waals surface area contributed by atoms with Gasteiger partial charge in [0.1, 0.15) is 6.10 Å². The lowest BCUT2D eigenvalue weighted by molar-refractivity contribution is 0.219. The van der Waals surface area contributed by atoms with Gasteiger partial charge in [-0.25, -0.2) is 0 Å². The van der Waals surface area contributed by atoms with E-state index in [1.54, 1.807) is 6.07 Å². The van der Waals surface area contributed by atoms with Gasteiger partial charge in [-0.15, -0.1) is 0 Å². The van der Waals surface area contributed by atoms with Gasteiger partial charge in [-0.1, -0.05) is 58.2 Å². The smallest absolute Gasteiger partial charge is 0.105 e. The molecule has 0 spiro atoms. The fourth-order valence-electron chi connectivity index (χ4n) is 2.60. The van der Waals surface area contributed by atoms with Gasteiger partial charge in [0.05, 0.1) is 0 Å². The van der Waals surface area contributed by atoms with E-state index in [2.05, 4.69) is 28.1 Å². The molecule has 0 aromatic heterocycles. The molecule has 1 aliphatic rings. The highest BCUT2D eigenvalue weighted by Crippen LogP contribution is 2.37. The van der Waals surface area contributed by atoms with Crippen molar-refractivity contribution in [3.05, 3.63) is 68.7 Å². The Morgan fingerprint density at radius 2 is 1.80 bits per heavy atom. The quantitative estimate of drug-likeness (QED) is 0.779. The zero-order valence-electron chi connectivity index (χ0n) is 11.0. The standard InChI is InChI=1S/C17H16BrClO/c18-16-9-8-14(19)10-15(16)17(20)13-6-4-12(5-7-13)11-2-1-3-11/h4-11,17,20H,1-3H2. The topological polar surface area (TPSA) is 20.2 Å². The van der Waals surface area contributed by atoms with Gasteiger partial charge in [0, 0.05) is 15.1 Å². The highest BCUT2D eigenvalue weighted by atomic mass is 79.9. The van der Waals surface area contributed by atoms with Crippen molar-refractivity contribution in [2.24, 2.45) is 0 Å². The molecule has 0 bridgehead atoms. The van der Waals surface area contributed by atoms with Crippen LogP contribution in [0, 0.1) is 0 Å². The minimum atomic E-state index is -0.654. The Hall–Kier alpha value is -0.830. The second-order valence-corrected chi connectivity index (χ2v) is 6.65. The molecule has 3 rings (SSSR count). The number of aliphatic hydroxyl groups excluding tert-OH is 1. The van der Waals surface area contributed by atoms with Crippen molar-refractivity contribution in [1.29, 1.82) is 0 Å². The molecule has 104 valence electrons. The normalized spacial score (nSPS) is 16.8. The largest absolute Gasteiger partial charge is 0.384 e. The van der Waals surface area contributed by atoms with Crippen molar-refractivity contribution in [2.75, 3.05) is 0 Å². The molecule has 1 atom stereocenters. The Morgan fingerprint density at radius 3 is 2.40 bits per heavy atom. The summed E-state index contributed by atoms with van der Waals surface area (Å²) < 4.78 is 0.873. The summed E-state index contributed by atoms with van der Waals surface area (Å²) in [7, 11) is 0. The van der Waals surface area contributed by atoms with E-state index in [1.807, 2.05) is 24.3 Å². The molecule has 0 radical (unpaired) electrons. The van der Waals surface area contributed by atoms with Crippen LogP contribution in [0.3, 0.4) is 0 Å². The van der Waals surface area contributed by atoms with Gasteiger partial charge in [0.25, 0.3) is 0 Å². The lowest BCUT2D eigenvalue weighted by Crippen LogP contribution is -2.09. The molecule has 1 nitrogen and oxygen atoms in total. The van der Waals surface area contributed by atoms with E-state index in [9.17, 15) is 5.11 Å². The van der Waals surface area contributed by atoms with Crippen LogP contribution in [-0.4, -0.2) is 5.11 Å². The van der Waals surface area contributed by atoms with E-state index in [1.165, 1.54) is 24.8 Å². The van der Waals surface area contributed by atoms with Gasteiger partial charge >= 0.3 is 0 Å². The average molecular weight is 352 g/mol. The lowest BCUT2D eigenvalue weighted by atomic mass is 9.80. The summed E-state index contributed by atoms with van der Waals surface area (Å²) in [6, 6.07) is 13.8. The maximum absolute atomic E-state index is 10.5. The number of hydrogen-bond donors (Lipinski definition) is 1. The first-order valence-electron chi connectivity index (χ1n) is 6.88. The van der Waals surface area contributed by atoms with E-state index < -0.39 is 6.10 Å². The fourth-order valence-corrected chi connectivity index (χ4v) is 3.24. The Labute approximate surface area is 132 Å². The minimum absolute atomic E-state index is 0.633. The van der Waals surface area contributed by atoms with E-state index in [4.69, 9.17) is 11.6 Å². The third-order valence-electron chi connectivity index (χ3n) is 4.08. The summed E-state index contributed by atoms with van der Waals surface area (Å²) >= 11 is 9.48. The lowest BCUT2D eigenvalue weighted by Gasteiger charge is -2.26. The predicted molar refractivity (Wildman–Crippen MR) is 86.2 cm³/mol. The molecule has 2 aromatic carbocycles. The number of aliphatic hydroxyl groups is 1. The van der Waals surface area contributed by atoms with Crippen LogP contribution in [0.5, 0.6) is 0 Å². The van der Waals surface area contributed by atoms with Gasteiger partial charge in [0.2, 0.25) is 0 Å². The molecule has 3 heteroatoms. The van der Waals surface area contributed by atoms with Crippen molar-refractivity contribution < 1.29 is 5.11 Å². The van der Waals surface area contributed by atoms with E-state index in [-0.39, 0.29) is 0 Å². The Kier molecular flexibility index (Phi) is 4.16. The molecule has 0 heterocycles. The second kappa shape index (κ2) is 5.88. The van der Waals surface area contributed by atoms with Crippen LogP contribution in [0.15, 0.2) is 46.9 Å². The van der Waals surface area contributed by atoms with Crippen molar-refractivity contribution >= 4 is 27.5 Å². The number of rotatable bonds is 3. The summed E-state index contributed by atoms with van der Waals surface area (Å²) in [5.41, 5.74) is 3.09. The summed E-state index contributed by atoms with van der Waals surface area (Å²) in [4.78, 5) is 0. The third kappa shape index (κ3) is 2.78. The zero-order chi connectivity index (χ0) is 14.1. The highest BCUT2D eigenvalue weighted by molar-refractivity contribution is 9.10. The Morgan fingerprint density at radius 1 is 1.10 bits per heavy atom. The van der Waals surface area contributed by atoms with Crippen LogP contribution in [0.1, 0.15) is 48.0 Å². The third-order valence-corrected chi connectivity index (χ3v) is 5.04. The van der Waals surface area contributed by atoms with Gasteiger partial charge in [-0.05, 0) is 48.1 Å². The fraction of sp³-hybridized carbons (Fsp3) is 0.294.